The summed E-state index contributed by atoms with van der Waals surface area (Å²) in [5, 5.41) is 5.98. The van der Waals surface area contributed by atoms with Crippen LogP contribution in [0.3, 0.4) is 0 Å². The molecule has 2 aromatic carbocycles. The largest absolute Gasteiger partial charge is 0.366 e. The molecule has 0 aromatic heterocycles. The average molecular weight is 408 g/mol. The van der Waals surface area contributed by atoms with E-state index >= 15 is 0 Å². The number of nitrogens with one attached hydrogen (secondary N) is 2. The van der Waals surface area contributed by atoms with E-state index in [-0.39, 0.29) is 11.8 Å². The summed E-state index contributed by atoms with van der Waals surface area (Å²) in [7, 11) is 0. The lowest BCUT2D eigenvalue weighted by Gasteiger charge is -2.32. The Morgan fingerprint density at radius 1 is 1.10 bits per heavy atom. The Labute approximate surface area is 179 Å². The summed E-state index contributed by atoms with van der Waals surface area (Å²) in [6, 6.07) is 14.2. The average Bonchev–Trinajstić information content (AvgIpc) is 2.75. The minimum absolute atomic E-state index is 0.00922. The molecule has 0 spiro atoms. The molecule has 2 amide bonds. The molecule has 1 aliphatic rings. The number of anilines is 2. The molecule has 0 unspecified atom stereocenters. The topological polar surface area (TPSA) is 61.4 Å². The maximum Gasteiger partial charge on any atom is 0.253 e. The first-order valence-electron chi connectivity index (χ1n) is 11.0. The van der Waals surface area contributed by atoms with Gasteiger partial charge in [0.2, 0.25) is 5.91 Å². The Kier molecular flexibility index (Phi) is 7.50. The second-order valence-electron chi connectivity index (χ2n) is 8.43. The van der Waals surface area contributed by atoms with Crippen LogP contribution in [-0.4, -0.2) is 24.9 Å². The van der Waals surface area contributed by atoms with E-state index in [1.807, 2.05) is 18.2 Å². The standard InChI is InChI=1S/C25H33N3O2/c1-4-5-10-24(29)27-21-11-12-23(22(15-21)25(30)26-16-18(2)3)28-14-13-19-8-6-7-9-20(19)17-28/h6-9,11-12,15,18H,4-5,10,13-14,16-17H2,1-3H3,(H,26,30)(H,27,29). The molecule has 5 heteroatoms. The van der Waals surface area contributed by atoms with Crippen molar-refractivity contribution in [3.8, 4) is 0 Å². The summed E-state index contributed by atoms with van der Waals surface area (Å²) in [6.45, 7) is 8.48. The number of fused-ring (bicyclic) bond motifs is 1. The van der Waals surface area contributed by atoms with Crippen molar-refractivity contribution in [1.82, 2.24) is 5.32 Å². The van der Waals surface area contributed by atoms with E-state index in [0.717, 1.165) is 38.0 Å². The summed E-state index contributed by atoms with van der Waals surface area (Å²) in [4.78, 5) is 27.4. The number of unbranched alkanes of at least 4 members (excludes halogenated alkanes) is 1. The number of benzene rings is 2. The van der Waals surface area contributed by atoms with E-state index in [2.05, 4.69) is 60.6 Å². The first-order valence-corrected chi connectivity index (χ1v) is 11.0. The second kappa shape index (κ2) is 10.3. The third kappa shape index (κ3) is 5.62. The Hall–Kier alpha value is -2.82. The predicted octanol–water partition coefficient (Wildman–Crippen LogP) is 4.76. The molecule has 1 heterocycles. The summed E-state index contributed by atoms with van der Waals surface area (Å²) in [5.41, 5.74) is 4.88. The van der Waals surface area contributed by atoms with Crippen molar-refractivity contribution in [1.29, 1.82) is 0 Å². The number of amides is 2. The van der Waals surface area contributed by atoms with Crippen LogP contribution in [0.2, 0.25) is 0 Å². The summed E-state index contributed by atoms with van der Waals surface area (Å²) in [6.07, 6.45) is 3.29. The Morgan fingerprint density at radius 2 is 1.87 bits per heavy atom. The fourth-order valence-electron chi connectivity index (χ4n) is 3.73. The van der Waals surface area contributed by atoms with Crippen molar-refractivity contribution in [2.24, 2.45) is 5.92 Å². The first kappa shape index (κ1) is 21.9. The van der Waals surface area contributed by atoms with Gasteiger partial charge in [0.1, 0.15) is 0 Å². The highest BCUT2D eigenvalue weighted by atomic mass is 16.2. The molecule has 0 saturated carbocycles. The van der Waals surface area contributed by atoms with E-state index in [4.69, 9.17) is 0 Å². The SMILES string of the molecule is CCCCC(=O)Nc1ccc(N2CCc3ccccc3C2)c(C(=O)NCC(C)C)c1. The van der Waals surface area contributed by atoms with Gasteiger partial charge in [0.15, 0.2) is 0 Å². The van der Waals surface area contributed by atoms with Crippen LogP contribution in [0.4, 0.5) is 11.4 Å². The Balaban J connectivity index is 1.85. The van der Waals surface area contributed by atoms with E-state index < -0.39 is 0 Å². The lowest BCUT2D eigenvalue weighted by atomic mass is 9.98. The highest BCUT2D eigenvalue weighted by molar-refractivity contribution is 6.02. The zero-order valence-electron chi connectivity index (χ0n) is 18.3. The van der Waals surface area contributed by atoms with Crippen LogP contribution in [0.5, 0.6) is 0 Å². The quantitative estimate of drug-likeness (QED) is 0.663. The van der Waals surface area contributed by atoms with Gasteiger partial charge in [0, 0.05) is 37.4 Å². The van der Waals surface area contributed by atoms with Gasteiger partial charge in [-0.05, 0) is 48.1 Å². The van der Waals surface area contributed by atoms with Gasteiger partial charge >= 0.3 is 0 Å². The summed E-state index contributed by atoms with van der Waals surface area (Å²) in [5.74, 6) is 0.267. The van der Waals surface area contributed by atoms with Gasteiger partial charge in [-0.2, -0.15) is 0 Å². The van der Waals surface area contributed by atoms with Gasteiger partial charge in [0.05, 0.1) is 5.56 Å². The molecule has 0 fully saturated rings. The van der Waals surface area contributed by atoms with E-state index in [1.54, 1.807) is 0 Å². The van der Waals surface area contributed by atoms with Crippen LogP contribution in [-0.2, 0) is 17.8 Å². The fraction of sp³-hybridized carbons (Fsp3) is 0.440. The number of hydrogen-bond donors (Lipinski definition) is 2. The van der Waals surface area contributed by atoms with Crippen molar-refractivity contribution in [2.45, 2.75) is 53.0 Å². The monoisotopic (exact) mass is 407 g/mol. The van der Waals surface area contributed by atoms with Gasteiger partial charge in [-0.15, -0.1) is 0 Å². The second-order valence-corrected chi connectivity index (χ2v) is 8.43. The lowest BCUT2D eigenvalue weighted by molar-refractivity contribution is -0.116. The summed E-state index contributed by atoms with van der Waals surface area (Å²) >= 11 is 0. The van der Waals surface area contributed by atoms with Gasteiger partial charge in [-0.25, -0.2) is 0 Å². The molecule has 30 heavy (non-hydrogen) atoms. The molecular weight excluding hydrogens is 374 g/mol. The van der Waals surface area contributed by atoms with Gasteiger partial charge in [-0.3, -0.25) is 9.59 Å². The fourth-order valence-corrected chi connectivity index (χ4v) is 3.73. The zero-order valence-corrected chi connectivity index (χ0v) is 18.3. The minimum Gasteiger partial charge on any atom is -0.366 e. The normalized spacial score (nSPS) is 13.1. The van der Waals surface area contributed by atoms with E-state index in [1.165, 1.54) is 11.1 Å². The van der Waals surface area contributed by atoms with Crippen LogP contribution in [0.15, 0.2) is 42.5 Å². The molecule has 0 bridgehead atoms. The van der Waals surface area contributed by atoms with Crippen molar-refractivity contribution < 1.29 is 9.59 Å². The number of hydrogen-bond acceptors (Lipinski definition) is 3. The molecule has 0 atom stereocenters. The molecule has 0 radical (unpaired) electrons. The molecule has 160 valence electrons. The zero-order chi connectivity index (χ0) is 21.5. The maximum atomic E-state index is 13.0. The summed E-state index contributed by atoms with van der Waals surface area (Å²) < 4.78 is 0. The van der Waals surface area contributed by atoms with Crippen LogP contribution in [0, 0.1) is 5.92 Å². The third-order valence-corrected chi connectivity index (χ3v) is 5.42. The van der Waals surface area contributed by atoms with Crippen molar-refractivity contribution in [2.75, 3.05) is 23.3 Å². The lowest BCUT2D eigenvalue weighted by Crippen LogP contribution is -2.34. The van der Waals surface area contributed by atoms with E-state index in [0.29, 0.717) is 30.1 Å². The highest BCUT2D eigenvalue weighted by Crippen LogP contribution is 2.29. The number of rotatable bonds is 8. The molecule has 0 aliphatic carbocycles. The van der Waals surface area contributed by atoms with Crippen LogP contribution in [0.25, 0.3) is 0 Å². The van der Waals surface area contributed by atoms with Crippen LogP contribution < -0.4 is 15.5 Å². The molecule has 2 aromatic rings. The first-order chi connectivity index (χ1) is 14.5. The van der Waals surface area contributed by atoms with Crippen molar-refractivity contribution in [3.05, 3.63) is 59.2 Å². The molecule has 0 saturated heterocycles. The minimum atomic E-state index is -0.0952. The Bertz CT molecular complexity index is 892. The third-order valence-electron chi connectivity index (χ3n) is 5.42. The van der Waals surface area contributed by atoms with E-state index in [9.17, 15) is 9.59 Å². The highest BCUT2D eigenvalue weighted by Gasteiger charge is 2.22. The van der Waals surface area contributed by atoms with Gasteiger partial charge in [0.25, 0.3) is 5.91 Å². The molecule has 1 aliphatic heterocycles. The molecular formula is C25H33N3O2. The Morgan fingerprint density at radius 3 is 2.60 bits per heavy atom. The number of carbonyl (C=O) groups is 2. The van der Waals surface area contributed by atoms with Gasteiger partial charge in [-0.1, -0.05) is 51.5 Å². The van der Waals surface area contributed by atoms with Crippen LogP contribution >= 0.6 is 0 Å². The van der Waals surface area contributed by atoms with Crippen molar-refractivity contribution >= 4 is 23.2 Å². The smallest absolute Gasteiger partial charge is 0.253 e. The molecule has 5 nitrogen and oxygen atoms in total. The maximum absolute atomic E-state index is 13.0. The number of carbonyl (C=O) groups excluding carboxylic acids is 2. The van der Waals surface area contributed by atoms with Crippen LogP contribution in [0.1, 0.15) is 61.5 Å². The molecule has 3 rings (SSSR count). The predicted molar refractivity (Wildman–Crippen MR) is 123 cm³/mol. The van der Waals surface area contributed by atoms with Gasteiger partial charge < -0.3 is 15.5 Å². The number of nitrogens with zero attached hydrogens (tertiary/aromatic N) is 1. The van der Waals surface area contributed by atoms with Crippen molar-refractivity contribution in [3.63, 3.8) is 0 Å². The molecule has 2 N–H and O–H groups in total.